The van der Waals surface area contributed by atoms with Gasteiger partial charge in [-0.3, -0.25) is 10.2 Å². The minimum absolute atomic E-state index is 0.0275. The number of nitrogens with one attached hydrogen (secondary N) is 3. The van der Waals surface area contributed by atoms with Crippen molar-refractivity contribution in [3.8, 4) is 0 Å². The molecule has 1 aromatic heterocycles. The molecule has 0 aliphatic carbocycles. The number of H-pyrrole nitrogens is 1. The number of aromatic nitrogens is 2. The van der Waals surface area contributed by atoms with E-state index in [9.17, 15) is 4.79 Å². The van der Waals surface area contributed by atoms with Gasteiger partial charge in [-0.2, -0.15) is 0 Å². The molecular weight excluding hydrogens is 182 g/mol. The second-order valence-corrected chi connectivity index (χ2v) is 2.80. The van der Waals surface area contributed by atoms with Crippen LogP contribution < -0.4 is 11.1 Å². The predicted octanol–water partition coefficient (Wildman–Crippen LogP) is -0.144. The fraction of sp³-hybridized carbons (Fsp3) is 0.375. The number of ketones is 1. The van der Waals surface area contributed by atoms with Crippen molar-refractivity contribution >= 4 is 11.7 Å². The Kier molecular flexibility index (Phi) is 3.66. The number of imidazole rings is 1. The van der Waals surface area contributed by atoms with Gasteiger partial charge in [0, 0.05) is 25.4 Å². The maximum atomic E-state index is 11.3. The van der Waals surface area contributed by atoms with Crippen molar-refractivity contribution in [2.45, 2.75) is 12.8 Å². The van der Waals surface area contributed by atoms with Gasteiger partial charge >= 0.3 is 0 Å². The number of aromatic amines is 1. The molecule has 0 atom stereocenters. The standard InChI is InChI=1S/C8H13N5O/c9-8(10)13-3-1-2-6(14)7-11-4-5-12-7/h4-5H,1-3H2,(H,11,12)(H4,9,10,13). The van der Waals surface area contributed by atoms with Crippen molar-refractivity contribution in [2.75, 3.05) is 6.54 Å². The average molecular weight is 195 g/mol. The molecule has 0 radical (unpaired) electrons. The molecule has 14 heavy (non-hydrogen) atoms. The van der Waals surface area contributed by atoms with Gasteiger partial charge in [0.05, 0.1) is 0 Å². The lowest BCUT2D eigenvalue weighted by Crippen LogP contribution is -2.31. The Labute approximate surface area is 81.4 Å². The first-order valence-electron chi connectivity index (χ1n) is 4.30. The molecule has 0 aliphatic heterocycles. The first-order chi connectivity index (χ1) is 6.70. The van der Waals surface area contributed by atoms with Crippen LogP contribution in [0, 0.1) is 5.41 Å². The van der Waals surface area contributed by atoms with E-state index < -0.39 is 0 Å². The van der Waals surface area contributed by atoms with E-state index in [2.05, 4.69) is 15.3 Å². The number of hydrogen-bond donors (Lipinski definition) is 4. The van der Waals surface area contributed by atoms with Gasteiger partial charge in [0.15, 0.2) is 17.6 Å². The lowest BCUT2D eigenvalue weighted by molar-refractivity contribution is 0.0971. The fourth-order valence-corrected chi connectivity index (χ4v) is 1.01. The van der Waals surface area contributed by atoms with Crippen molar-refractivity contribution in [1.82, 2.24) is 15.3 Å². The van der Waals surface area contributed by atoms with Crippen LogP contribution in [0.1, 0.15) is 23.5 Å². The highest BCUT2D eigenvalue weighted by molar-refractivity contribution is 5.92. The summed E-state index contributed by atoms with van der Waals surface area (Å²) in [6, 6.07) is 0. The normalized spacial score (nSPS) is 9.71. The summed E-state index contributed by atoms with van der Waals surface area (Å²) in [7, 11) is 0. The van der Waals surface area contributed by atoms with Gasteiger partial charge in [-0.1, -0.05) is 0 Å². The van der Waals surface area contributed by atoms with Gasteiger partial charge < -0.3 is 16.0 Å². The van der Waals surface area contributed by atoms with Crippen LogP contribution in [0.2, 0.25) is 0 Å². The molecule has 5 N–H and O–H groups in total. The fourth-order valence-electron chi connectivity index (χ4n) is 1.01. The van der Waals surface area contributed by atoms with E-state index in [1.807, 2.05) is 0 Å². The van der Waals surface area contributed by atoms with E-state index in [0.717, 1.165) is 0 Å². The Morgan fingerprint density at radius 2 is 2.50 bits per heavy atom. The van der Waals surface area contributed by atoms with Gasteiger partial charge in [-0.05, 0) is 6.42 Å². The minimum Gasteiger partial charge on any atom is -0.370 e. The van der Waals surface area contributed by atoms with Crippen LogP contribution in [0.3, 0.4) is 0 Å². The zero-order valence-electron chi connectivity index (χ0n) is 7.71. The molecule has 0 saturated heterocycles. The highest BCUT2D eigenvalue weighted by atomic mass is 16.1. The molecule has 1 aromatic rings. The monoisotopic (exact) mass is 195 g/mol. The van der Waals surface area contributed by atoms with Crippen LogP contribution >= 0.6 is 0 Å². The lowest BCUT2D eigenvalue weighted by Gasteiger charge is -2.01. The van der Waals surface area contributed by atoms with E-state index in [-0.39, 0.29) is 11.7 Å². The van der Waals surface area contributed by atoms with Crippen molar-refractivity contribution in [1.29, 1.82) is 5.41 Å². The molecule has 0 spiro atoms. The van der Waals surface area contributed by atoms with Crippen LogP contribution in [-0.4, -0.2) is 28.3 Å². The van der Waals surface area contributed by atoms with Gasteiger partial charge in [0.25, 0.3) is 0 Å². The van der Waals surface area contributed by atoms with Gasteiger partial charge in [-0.25, -0.2) is 4.98 Å². The molecule has 0 fully saturated rings. The Morgan fingerprint density at radius 1 is 1.71 bits per heavy atom. The number of nitrogens with zero attached hydrogens (tertiary/aromatic N) is 1. The van der Waals surface area contributed by atoms with Gasteiger partial charge in [0.1, 0.15) is 0 Å². The quantitative estimate of drug-likeness (QED) is 0.227. The summed E-state index contributed by atoms with van der Waals surface area (Å²) in [6.45, 7) is 0.530. The van der Waals surface area contributed by atoms with E-state index in [4.69, 9.17) is 11.1 Å². The summed E-state index contributed by atoms with van der Waals surface area (Å²) in [5.41, 5.74) is 5.07. The summed E-state index contributed by atoms with van der Waals surface area (Å²) >= 11 is 0. The Balaban J connectivity index is 2.19. The number of rotatable bonds is 5. The topological polar surface area (TPSA) is 108 Å². The SMILES string of the molecule is N=C(N)NCCCC(=O)c1ncc[nH]1. The number of hydrogen-bond acceptors (Lipinski definition) is 3. The second kappa shape index (κ2) is 5.00. The third-order valence-corrected chi connectivity index (χ3v) is 1.66. The third-order valence-electron chi connectivity index (χ3n) is 1.66. The maximum Gasteiger partial charge on any atom is 0.198 e. The summed E-state index contributed by atoms with van der Waals surface area (Å²) in [5.74, 6) is 0.281. The molecule has 1 rings (SSSR count). The molecule has 0 unspecified atom stereocenters. The second-order valence-electron chi connectivity index (χ2n) is 2.80. The molecule has 0 bridgehead atoms. The molecule has 0 amide bonds. The van der Waals surface area contributed by atoms with Crippen LogP contribution in [0.4, 0.5) is 0 Å². The van der Waals surface area contributed by atoms with E-state index in [0.29, 0.717) is 25.2 Å². The predicted molar refractivity (Wildman–Crippen MR) is 52.1 cm³/mol. The summed E-state index contributed by atoms with van der Waals surface area (Å²) in [6.07, 6.45) is 4.19. The summed E-state index contributed by atoms with van der Waals surface area (Å²) < 4.78 is 0. The number of carbonyl (C=O) groups is 1. The number of Topliss-reactive ketones (excluding diaryl/α,β-unsaturated/α-hetero) is 1. The largest absolute Gasteiger partial charge is 0.370 e. The number of guanidine groups is 1. The van der Waals surface area contributed by atoms with Crippen molar-refractivity contribution in [3.05, 3.63) is 18.2 Å². The first-order valence-corrected chi connectivity index (χ1v) is 4.30. The smallest absolute Gasteiger partial charge is 0.198 e. The average Bonchev–Trinajstić information content (AvgIpc) is 2.64. The number of nitrogens with two attached hydrogens (primary N) is 1. The molecule has 0 aromatic carbocycles. The molecule has 6 nitrogen and oxygen atoms in total. The van der Waals surface area contributed by atoms with Crippen molar-refractivity contribution in [3.63, 3.8) is 0 Å². The Morgan fingerprint density at radius 3 is 3.07 bits per heavy atom. The zero-order chi connectivity index (χ0) is 10.4. The van der Waals surface area contributed by atoms with Gasteiger partial charge in [-0.15, -0.1) is 0 Å². The van der Waals surface area contributed by atoms with Crippen LogP contribution in [0.25, 0.3) is 0 Å². The molecule has 0 saturated carbocycles. The van der Waals surface area contributed by atoms with Crippen LogP contribution in [0.5, 0.6) is 0 Å². The molecular formula is C8H13N5O. The van der Waals surface area contributed by atoms with Crippen molar-refractivity contribution < 1.29 is 4.79 Å². The summed E-state index contributed by atoms with van der Waals surface area (Å²) in [5, 5.41) is 9.51. The third kappa shape index (κ3) is 3.26. The minimum atomic E-state index is -0.0737. The Hall–Kier alpha value is -1.85. The highest BCUT2D eigenvalue weighted by Crippen LogP contribution is 1.98. The number of carbonyl (C=O) groups excluding carboxylic acids is 1. The van der Waals surface area contributed by atoms with E-state index in [1.54, 1.807) is 12.4 Å². The maximum absolute atomic E-state index is 11.3. The summed E-state index contributed by atoms with van der Waals surface area (Å²) in [4.78, 5) is 17.9. The molecule has 6 heteroatoms. The highest BCUT2D eigenvalue weighted by Gasteiger charge is 2.06. The van der Waals surface area contributed by atoms with E-state index in [1.165, 1.54) is 0 Å². The Bertz CT molecular complexity index is 306. The zero-order valence-corrected chi connectivity index (χ0v) is 7.71. The molecule has 1 heterocycles. The van der Waals surface area contributed by atoms with Crippen LogP contribution in [-0.2, 0) is 0 Å². The van der Waals surface area contributed by atoms with Crippen molar-refractivity contribution in [2.24, 2.45) is 5.73 Å². The van der Waals surface area contributed by atoms with Crippen LogP contribution in [0.15, 0.2) is 12.4 Å². The first kappa shape index (κ1) is 10.2. The van der Waals surface area contributed by atoms with Gasteiger partial charge in [0.2, 0.25) is 0 Å². The molecule has 0 aliphatic rings. The lowest BCUT2D eigenvalue weighted by atomic mass is 10.2. The van der Waals surface area contributed by atoms with E-state index >= 15 is 0 Å². The molecule has 76 valence electrons.